The molecule has 0 radical (unpaired) electrons. The second-order valence-electron chi connectivity index (χ2n) is 3.63. The van der Waals surface area contributed by atoms with E-state index in [1.165, 1.54) is 0 Å². The maximum atomic E-state index is 11.7. The molecule has 1 aromatic rings. The first-order valence-electron chi connectivity index (χ1n) is 4.93. The van der Waals surface area contributed by atoms with Crippen LogP contribution in [-0.4, -0.2) is 23.7 Å². The van der Waals surface area contributed by atoms with Crippen molar-refractivity contribution in [3.8, 4) is 0 Å². The van der Waals surface area contributed by atoms with Gasteiger partial charge in [0.1, 0.15) is 6.10 Å². The molecule has 1 aromatic carbocycles. The summed E-state index contributed by atoms with van der Waals surface area (Å²) >= 11 is 5.85. The Morgan fingerprint density at radius 1 is 1.47 bits per heavy atom. The van der Waals surface area contributed by atoms with Crippen molar-refractivity contribution >= 4 is 23.2 Å². The second kappa shape index (κ2) is 4.21. The Morgan fingerprint density at radius 2 is 2.27 bits per heavy atom. The summed E-state index contributed by atoms with van der Waals surface area (Å²) in [5, 5.41) is 10.1. The minimum Gasteiger partial charge on any atom is -0.383 e. The molecule has 1 aliphatic rings. The zero-order valence-electron chi connectivity index (χ0n) is 8.19. The van der Waals surface area contributed by atoms with E-state index in [9.17, 15) is 9.90 Å². The number of aliphatic hydroxyl groups is 1. The van der Waals surface area contributed by atoms with E-state index in [1.807, 2.05) is 6.07 Å². The molecule has 3 nitrogen and oxygen atoms in total. The van der Waals surface area contributed by atoms with E-state index < -0.39 is 6.10 Å². The number of amides is 1. The van der Waals surface area contributed by atoms with E-state index in [0.29, 0.717) is 18.0 Å². The lowest BCUT2D eigenvalue weighted by Gasteiger charge is -2.29. The third-order valence-corrected chi connectivity index (χ3v) is 2.77. The fourth-order valence-electron chi connectivity index (χ4n) is 1.76. The summed E-state index contributed by atoms with van der Waals surface area (Å²) in [5.74, 6) is -0.233. The first-order valence-corrected chi connectivity index (χ1v) is 5.31. The van der Waals surface area contributed by atoms with E-state index in [4.69, 9.17) is 11.6 Å². The molecule has 1 amide bonds. The second-order valence-corrected chi connectivity index (χ2v) is 4.06. The van der Waals surface area contributed by atoms with Crippen LogP contribution < -0.4 is 4.90 Å². The van der Waals surface area contributed by atoms with Crippen molar-refractivity contribution in [1.82, 2.24) is 0 Å². The Hall–Kier alpha value is -1.06. The number of nitrogens with zero attached hydrogens (tertiary/aromatic N) is 1. The standard InChI is InChI=1S/C11H12ClNO2/c12-8-3-1-4-9(7-8)13-6-2-5-10(14)11(13)15/h1,3-4,7,10,14H,2,5-6H2. The highest BCUT2D eigenvalue weighted by Gasteiger charge is 2.27. The molecular formula is C11H12ClNO2. The Bertz CT molecular complexity index is 381. The van der Waals surface area contributed by atoms with Gasteiger partial charge in [-0.25, -0.2) is 0 Å². The van der Waals surface area contributed by atoms with Gasteiger partial charge in [0.2, 0.25) is 0 Å². The molecule has 1 heterocycles. The van der Waals surface area contributed by atoms with Crippen LogP contribution in [0.15, 0.2) is 24.3 Å². The average molecular weight is 226 g/mol. The van der Waals surface area contributed by atoms with Gasteiger partial charge in [0.25, 0.3) is 5.91 Å². The molecule has 2 rings (SSSR count). The molecule has 1 saturated heterocycles. The minimum absolute atomic E-state index is 0.233. The zero-order valence-corrected chi connectivity index (χ0v) is 8.94. The van der Waals surface area contributed by atoms with Crippen LogP contribution in [0.4, 0.5) is 5.69 Å². The van der Waals surface area contributed by atoms with Gasteiger partial charge in [0, 0.05) is 17.3 Å². The number of carbonyl (C=O) groups is 1. The van der Waals surface area contributed by atoms with Crippen molar-refractivity contribution in [2.24, 2.45) is 0 Å². The number of hydrogen-bond acceptors (Lipinski definition) is 2. The number of piperidine rings is 1. The third-order valence-electron chi connectivity index (χ3n) is 2.53. The van der Waals surface area contributed by atoms with Crippen LogP contribution in [0.25, 0.3) is 0 Å². The van der Waals surface area contributed by atoms with Crippen LogP contribution in [-0.2, 0) is 4.79 Å². The molecule has 0 spiro atoms. The van der Waals surface area contributed by atoms with Gasteiger partial charge in [0.15, 0.2) is 0 Å². The van der Waals surface area contributed by atoms with Crippen LogP contribution in [0, 0.1) is 0 Å². The molecule has 0 saturated carbocycles. The van der Waals surface area contributed by atoms with Gasteiger partial charge in [-0.15, -0.1) is 0 Å². The van der Waals surface area contributed by atoms with E-state index in [1.54, 1.807) is 23.1 Å². The van der Waals surface area contributed by atoms with E-state index in [-0.39, 0.29) is 5.91 Å². The summed E-state index contributed by atoms with van der Waals surface area (Å²) < 4.78 is 0. The fourth-order valence-corrected chi connectivity index (χ4v) is 1.94. The molecule has 80 valence electrons. The molecule has 0 bridgehead atoms. The van der Waals surface area contributed by atoms with Gasteiger partial charge in [0.05, 0.1) is 0 Å². The molecule has 1 unspecified atom stereocenters. The van der Waals surface area contributed by atoms with Crippen molar-refractivity contribution in [2.45, 2.75) is 18.9 Å². The summed E-state index contributed by atoms with van der Waals surface area (Å²) in [6.45, 7) is 0.649. The van der Waals surface area contributed by atoms with Gasteiger partial charge in [-0.2, -0.15) is 0 Å². The molecule has 1 fully saturated rings. The van der Waals surface area contributed by atoms with Gasteiger partial charge >= 0.3 is 0 Å². The van der Waals surface area contributed by atoms with Crippen molar-refractivity contribution in [1.29, 1.82) is 0 Å². The van der Waals surface area contributed by atoms with Crippen LogP contribution in [0.1, 0.15) is 12.8 Å². The quantitative estimate of drug-likeness (QED) is 0.792. The first-order chi connectivity index (χ1) is 7.18. The lowest BCUT2D eigenvalue weighted by molar-refractivity contribution is -0.128. The van der Waals surface area contributed by atoms with Gasteiger partial charge in [-0.05, 0) is 31.0 Å². The van der Waals surface area contributed by atoms with E-state index >= 15 is 0 Å². The van der Waals surface area contributed by atoms with Gasteiger partial charge < -0.3 is 10.0 Å². The maximum absolute atomic E-state index is 11.7. The van der Waals surface area contributed by atoms with Gasteiger partial charge in [-0.1, -0.05) is 17.7 Å². The molecule has 1 aliphatic heterocycles. The predicted molar refractivity (Wildman–Crippen MR) is 59.0 cm³/mol. The number of anilines is 1. The highest BCUT2D eigenvalue weighted by atomic mass is 35.5. The summed E-state index contributed by atoms with van der Waals surface area (Å²) in [7, 11) is 0. The van der Waals surface area contributed by atoms with Crippen molar-refractivity contribution in [3.05, 3.63) is 29.3 Å². The smallest absolute Gasteiger partial charge is 0.255 e. The highest BCUT2D eigenvalue weighted by molar-refractivity contribution is 6.30. The molecule has 1 atom stereocenters. The third kappa shape index (κ3) is 2.13. The van der Waals surface area contributed by atoms with Crippen LogP contribution >= 0.6 is 11.6 Å². The normalized spacial score (nSPS) is 21.9. The number of hydrogen-bond donors (Lipinski definition) is 1. The number of benzene rings is 1. The monoisotopic (exact) mass is 225 g/mol. The highest BCUT2D eigenvalue weighted by Crippen LogP contribution is 2.23. The minimum atomic E-state index is -0.863. The number of halogens is 1. The topological polar surface area (TPSA) is 40.5 Å². The summed E-state index contributed by atoms with van der Waals surface area (Å²) in [6.07, 6.45) is 0.507. The van der Waals surface area contributed by atoms with Crippen LogP contribution in [0.5, 0.6) is 0 Å². The molecule has 4 heteroatoms. The van der Waals surface area contributed by atoms with Gasteiger partial charge in [-0.3, -0.25) is 4.79 Å². The number of aliphatic hydroxyl groups excluding tert-OH is 1. The number of rotatable bonds is 1. The lowest BCUT2D eigenvalue weighted by Crippen LogP contribution is -2.44. The van der Waals surface area contributed by atoms with Crippen molar-refractivity contribution in [2.75, 3.05) is 11.4 Å². The Labute approximate surface area is 93.3 Å². The molecule has 15 heavy (non-hydrogen) atoms. The average Bonchev–Trinajstić information content (AvgIpc) is 2.22. The lowest BCUT2D eigenvalue weighted by atomic mass is 10.1. The Morgan fingerprint density at radius 3 is 3.00 bits per heavy atom. The van der Waals surface area contributed by atoms with E-state index in [2.05, 4.69) is 0 Å². The predicted octanol–water partition coefficient (Wildman–Crippen LogP) is 1.83. The summed E-state index contributed by atoms with van der Waals surface area (Å²) in [4.78, 5) is 13.3. The van der Waals surface area contributed by atoms with E-state index in [0.717, 1.165) is 12.1 Å². The van der Waals surface area contributed by atoms with Crippen molar-refractivity contribution < 1.29 is 9.90 Å². The summed E-state index contributed by atoms with van der Waals surface area (Å²) in [6, 6.07) is 7.11. The fraction of sp³-hybridized carbons (Fsp3) is 0.364. The Balaban J connectivity index is 2.26. The first kappa shape index (κ1) is 10.5. The molecular weight excluding hydrogens is 214 g/mol. The van der Waals surface area contributed by atoms with Crippen LogP contribution in [0.2, 0.25) is 5.02 Å². The SMILES string of the molecule is O=C1C(O)CCCN1c1cccc(Cl)c1. The number of carbonyl (C=O) groups excluding carboxylic acids is 1. The zero-order chi connectivity index (χ0) is 10.8. The van der Waals surface area contributed by atoms with Crippen molar-refractivity contribution in [3.63, 3.8) is 0 Å². The molecule has 1 N–H and O–H groups in total. The Kier molecular flexibility index (Phi) is 2.93. The molecule has 0 aliphatic carbocycles. The largest absolute Gasteiger partial charge is 0.383 e. The van der Waals surface area contributed by atoms with Crippen LogP contribution in [0.3, 0.4) is 0 Å². The summed E-state index contributed by atoms with van der Waals surface area (Å²) in [5.41, 5.74) is 0.756. The maximum Gasteiger partial charge on any atom is 0.255 e. The molecule has 0 aromatic heterocycles.